The Morgan fingerprint density at radius 1 is 1.28 bits per heavy atom. The van der Waals surface area contributed by atoms with Gasteiger partial charge in [0.25, 0.3) is 0 Å². The van der Waals surface area contributed by atoms with Crippen molar-refractivity contribution in [2.75, 3.05) is 11.4 Å². The lowest BCUT2D eigenvalue weighted by Gasteiger charge is -2.23. The van der Waals surface area contributed by atoms with E-state index in [2.05, 4.69) is 10.2 Å². The van der Waals surface area contributed by atoms with Crippen LogP contribution >= 0.6 is 0 Å². The Hall–Kier alpha value is -2.43. The van der Waals surface area contributed by atoms with Crippen LogP contribution in [0.5, 0.6) is 0 Å². The number of para-hydroxylation sites is 1. The summed E-state index contributed by atoms with van der Waals surface area (Å²) in [6.07, 6.45) is 1.54. The number of nitrogen functional groups attached to an aromatic ring is 1. The van der Waals surface area contributed by atoms with Crippen LogP contribution in [0.4, 0.5) is 11.5 Å². The van der Waals surface area contributed by atoms with Crippen LogP contribution in [-0.2, 0) is 0 Å². The van der Waals surface area contributed by atoms with Crippen molar-refractivity contribution < 1.29 is 0 Å². The molecule has 5 heteroatoms. The summed E-state index contributed by atoms with van der Waals surface area (Å²) >= 11 is 0. The van der Waals surface area contributed by atoms with Gasteiger partial charge in [-0.3, -0.25) is 5.41 Å². The predicted molar refractivity (Wildman–Crippen MR) is 72.2 cm³/mol. The molecule has 0 aliphatic carbocycles. The first kappa shape index (κ1) is 12.0. The number of hydrogen-bond donors (Lipinski definition) is 2. The minimum Gasteiger partial charge on any atom is -0.384 e. The number of nitrogens with zero attached hydrogens (tertiary/aromatic N) is 3. The summed E-state index contributed by atoms with van der Waals surface area (Å²) in [6, 6.07) is 11.6. The van der Waals surface area contributed by atoms with E-state index < -0.39 is 0 Å². The van der Waals surface area contributed by atoms with Crippen molar-refractivity contribution in [3.05, 3.63) is 48.2 Å². The minimum absolute atomic E-state index is 0.00530. The quantitative estimate of drug-likeness (QED) is 0.633. The number of hydrogen-bond acceptors (Lipinski definition) is 4. The van der Waals surface area contributed by atoms with Crippen LogP contribution in [0.3, 0.4) is 0 Å². The SMILES string of the molecule is CCN(c1ccccc1)c1nnccc1C(=N)N. The van der Waals surface area contributed by atoms with Crippen LogP contribution in [0.1, 0.15) is 12.5 Å². The fourth-order valence-corrected chi connectivity index (χ4v) is 1.80. The van der Waals surface area contributed by atoms with Crippen molar-refractivity contribution in [3.63, 3.8) is 0 Å². The Balaban J connectivity index is 2.49. The second kappa shape index (κ2) is 5.27. The van der Waals surface area contributed by atoms with Gasteiger partial charge in [0.2, 0.25) is 0 Å². The average Bonchev–Trinajstić information content (AvgIpc) is 2.41. The number of nitrogens with two attached hydrogens (primary N) is 1. The highest BCUT2D eigenvalue weighted by Crippen LogP contribution is 2.25. The van der Waals surface area contributed by atoms with Gasteiger partial charge in [-0.05, 0) is 25.1 Å². The summed E-state index contributed by atoms with van der Waals surface area (Å²) < 4.78 is 0. The summed E-state index contributed by atoms with van der Waals surface area (Å²) in [5.41, 5.74) is 7.17. The van der Waals surface area contributed by atoms with Crippen molar-refractivity contribution in [1.82, 2.24) is 10.2 Å². The smallest absolute Gasteiger partial charge is 0.166 e. The van der Waals surface area contributed by atoms with Gasteiger partial charge in [0.15, 0.2) is 5.82 Å². The molecule has 0 saturated carbocycles. The molecular formula is C13H15N5. The van der Waals surface area contributed by atoms with Crippen molar-refractivity contribution in [2.24, 2.45) is 5.73 Å². The van der Waals surface area contributed by atoms with Gasteiger partial charge < -0.3 is 10.6 Å². The maximum atomic E-state index is 7.59. The van der Waals surface area contributed by atoms with Gasteiger partial charge in [0.1, 0.15) is 5.84 Å². The Labute approximate surface area is 106 Å². The molecule has 3 N–H and O–H groups in total. The molecule has 0 unspecified atom stereocenters. The van der Waals surface area contributed by atoms with Crippen LogP contribution in [0.15, 0.2) is 42.6 Å². The summed E-state index contributed by atoms with van der Waals surface area (Å²) in [4.78, 5) is 1.98. The predicted octanol–water partition coefficient (Wildman–Crippen LogP) is 1.92. The first-order chi connectivity index (χ1) is 8.74. The molecule has 92 valence electrons. The second-order valence-corrected chi connectivity index (χ2v) is 3.76. The van der Waals surface area contributed by atoms with Crippen LogP contribution in [0.2, 0.25) is 0 Å². The Morgan fingerprint density at radius 2 is 2.00 bits per heavy atom. The fraction of sp³-hybridized carbons (Fsp3) is 0.154. The molecule has 1 aromatic heterocycles. The van der Waals surface area contributed by atoms with E-state index in [1.165, 1.54) is 0 Å². The monoisotopic (exact) mass is 241 g/mol. The van der Waals surface area contributed by atoms with Crippen molar-refractivity contribution in [2.45, 2.75) is 6.92 Å². The third-order valence-corrected chi connectivity index (χ3v) is 2.63. The van der Waals surface area contributed by atoms with Gasteiger partial charge in [-0.25, -0.2) is 0 Å². The zero-order chi connectivity index (χ0) is 13.0. The molecule has 5 nitrogen and oxygen atoms in total. The summed E-state index contributed by atoms with van der Waals surface area (Å²) in [5.74, 6) is 0.605. The molecule has 0 spiro atoms. The molecule has 18 heavy (non-hydrogen) atoms. The normalized spacial score (nSPS) is 10.1. The molecule has 0 amide bonds. The average molecular weight is 241 g/mol. The first-order valence-corrected chi connectivity index (χ1v) is 5.72. The lowest BCUT2D eigenvalue weighted by Crippen LogP contribution is -2.23. The van der Waals surface area contributed by atoms with E-state index in [1.807, 2.05) is 42.2 Å². The van der Waals surface area contributed by atoms with Gasteiger partial charge in [-0.2, -0.15) is 5.10 Å². The highest BCUT2D eigenvalue weighted by Gasteiger charge is 2.15. The van der Waals surface area contributed by atoms with Gasteiger partial charge in [0, 0.05) is 12.2 Å². The van der Waals surface area contributed by atoms with Crippen LogP contribution in [-0.4, -0.2) is 22.6 Å². The molecule has 1 heterocycles. The summed E-state index contributed by atoms with van der Waals surface area (Å²) in [6.45, 7) is 2.74. The van der Waals surface area contributed by atoms with Crippen LogP contribution < -0.4 is 10.6 Å². The Morgan fingerprint density at radius 3 is 2.61 bits per heavy atom. The molecule has 0 aliphatic heterocycles. The standard InChI is InChI=1S/C13H15N5/c1-2-18(10-6-4-3-5-7-10)13-11(12(14)15)8-9-16-17-13/h3-9H,2H2,1H3,(H3,14,15). The highest BCUT2D eigenvalue weighted by molar-refractivity contribution is 6.00. The molecule has 0 atom stereocenters. The summed E-state index contributed by atoms with van der Waals surface area (Å²) in [7, 11) is 0. The Bertz CT molecular complexity index is 538. The van der Waals surface area contributed by atoms with E-state index in [9.17, 15) is 0 Å². The molecule has 2 rings (SSSR count). The zero-order valence-electron chi connectivity index (χ0n) is 10.2. The maximum Gasteiger partial charge on any atom is 0.166 e. The third kappa shape index (κ3) is 2.29. The molecule has 0 aliphatic rings. The van der Waals surface area contributed by atoms with E-state index >= 15 is 0 Å². The molecule has 0 bridgehead atoms. The van der Waals surface area contributed by atoms with Gasteiger partial charge in [-0.15, -0.1) is 5.10 Å². The highest BCUT2D eigenvalue weighted by atomic mass is 15.3. The Kier molecular flexibility index (Phi) is 3.52. The molecule has 1 aromatic carbocycles. The van der Waals surface area contributed by atoms with Crippen molar-refractivity contribution >= 4 is 17.3 Å². The van der Waals surface area contributed by atoms with E-state index in [0.717, 1.165) is 12.2 Å². The van der Waals surface area contributed by atoms with Gasteiger partial charge in [-0.1, -0.05) is 18.2 Å². The number of nitrogens with one attached hydrogen (secondary N) is 1. The van der Waals surface area contributed by atoms with Crippen LogP contribution in [0.25, 0.3) is 0 Å². The minimum atomic E-state index is -0.00530. The molecule has 0 radical (unpaired) electrons. The van der Waals surface area contributed by atoms with Crippen molar-refractivity contribution in [3.8, 4) is 0 Å². The molecule has 0 saturated heterocycles. The molecule has 0 fully saturated rings. The molecular weight excluding hydrogens is 226 g/mol. The number of anilines is 2. The fourth-order valence-electron chi connectivity index (χ4n) is 1.80. The first-order valence-electron chi connectivity index (χ1n) is 5.72. The van der Waals surface area contributed by atoms with Gasteiger partial charge >= 0.3 is 0 Å². The zero-order valence-corrected chi connectivity index (χ0v) is 10.2. The second-order valence-electron chi connectivity index (χ2n) is 3.76. The maximum absolute atomic E-state index is 7.59. The lowest BCUT2D eigenvalue weighted by atomic mass is 10.2. The summed E-state index contributed by atoms with van der Waals surface area (Å²) in [5, 5.41) is 15.6. The van der Waals surface area contributed by atoms with E-state index in [0.29, 0.717) is 11.4 Å². The third-order valence-electron chi connectivity index (χ3n) is 2.63. The van der Waals surface area contributed by atoms with Crippen molar-refractivity contribution in [1.29, 1.82) is 5.41 Å². The molecule has 2 aromatic rings. The lowest BCUT2D eigenvalue weighted by molar-refractivity contribution is 0.928. The van der Waals surface area contributed by atoms with E-state index in [4.69, 9.17) is 11.1 Å². The largest absolute Gasteiger partial charge is 0.384 e. The van der Waals surface area contributed by atoms with Gasteiger partial charge in [0.05, 0.1) is 11.8 Å². The number of benzene rings is 1. The van der Waals surface area contributed by atoms with Crippen LogP contribution in [0, 0.1) is 5.41 Å². The topological polar surface area (TPSA) is 78.9 Å². The van der Waals surface area contributed by atoms with E-state index in [-0.39, 0.29) is 5.84 Å². The number of amidine groups is 1. The van der Waals surface area contributed by atoms with E-state index in [1.54, 1.807) is 12.3 Å². The number of rotatable bonds is 4. The number of aromatic nitrogens is 2.